The van der Waals surface area contributed by atoms with Crippen LogP contribution >= 0.6 is 0 Å². The van der Waals surface area contributed by atoms with E-state index in [4.69, 9.17) is 5.73 Å². The lowest BCUT2D eigenvalue weighted by atomic mass is 9.99. The van der Waals surface area contributed by atoms with E-state index in [0.29, 0.717) is 12.1 Å². The third kappa shape index (κ3) is 3.46. The molecule has 0 radical (unpaired) electrons. The van der Waals surface area contributed by atoms with Crippen molar-refractivity contribution >= 4 is 11.6 Å². The molecule has 0 fully saturated rings. The third-order valence-corrected chi connectivity index (χ3v) is 3.70. The Morgan fingerprint density at radius 2 is 1.86 bits per heavy atom. The first-order valence-electron chi connectivity index (χ1n) is 7.36. The Labute approximate surface area is 131 Å². The van der Waals surface area contributed by atoms with E-state index >= 15 is 0 Å². The molecule has 0 heterocycles. The molecule has 0 aliphatic heterocycles. The first-order valence-corrected chi connectivity index (χ1v) is 7.36. The van der Waals surface area contributed by atoms with Crippen LogP contribution in [0.4, 0.5) is 5.69 Å². The van der Waals surface area contributed by atoms with Crippen molar-refractivity contribution in [3.8, 4) is 5.75 Å². The van der Waals surface area contributed by atoms with Crippen LogP contribution in [0.1, 0.15) is 46.8 Å². The van der Waals surface area contributed by atoms with Gasteiger partial charge in [-0.1, -0.05) is 26.0 Å². The van der Waals surface area contributed by atoms with Crippen molar-refractivity contribution in [1.29, 1.82) is 0 Å². The van der Waals surface area contributed by atoms with Gasteiger partial charge in [-0.2, -0.15) is 0 Å². The second-order valence-electron chi connectivity index (χ2n) is 5.74. The van der Waals surface area contributed by atoms with Gasteiger partial charge in [-0.05, 0) is 53.8 Å². The summed E-state index contributed by atoms with van der Waals surface area (Å²) < 4.78 is 0. The van der Waals surface area contributed by atoms with Crippen molar-refractivity contribution in [3.05, 3.63) is 58.7 Å². The van der Waals surface area contributed by atoms with E-state index in [1.165, 1.54) is 0 Å². The number of anilines is 1. The van der Waals surface area contributed by atoms with Crippen LogP contribution in [0.25, 0.3) is 0 Å². The Kier molecular flexibility index (Phi) is 4.83. The second-order valence-corrected chi connectivity index (χ2v) is 5.74. The maximum Gasteiger partial charge on any atom is 0.255 e. The van der Waals surface area contributed by atoms with Gasteiger partial charge in [0.2, 0.25) is 0 Å². The molecular formula is C18H22N2O2. The van der Waals surface area contributed by atoms with Crippen LogP contribution in [0.3, 0.4) is 0 Å². The van der Waals surface area contributed by atoms with Crippen molar-refractivity contribution in [2.24, 2.45) is 5.73 Å². The molecule has 2 aromatic carbocycles. The third-order valence-electron chi connectivity index (χ3n) is 3.70. The van der Waals surface area contributed by atoms with E-state index in [1.807, 2.05) is 39.0 Å². The molecule has 0 aliphatic carbocycles. The molecule has 22 heavy (non-hydrogen) atoms. The lowest BCUT2D eigenvalue weighted by Gasteiger charge is -2.14. The molecule has 0 aromatic heterocycles. The molecule has 116 valence electrons. The zero-order valence-corrected chi connectivity index (χ0v) is 13.2. The Hall–Kier alpha value is -2.33. The number of nitrogens with two attached hydrogens (primary N) is 1. The van der Waals surface area contributed by atoms with Gasteiger partial charge >= 0.3 is 0 Å². The molecule has 4 N–H and O–H groups in total. The fourth-order valence-electron chi connectivity index (χ4n) is 2.29. The zero-order chi connectivity index (χ0) is 16.3. The minimum Gasteiger partial charge on any atom is -0.508 e. The van der Waals surface area contributed by atoms with E-state index in [0.717, 1.165) is 22.4 Å². The van der Waals surface area contributed by atoms with Crippen LogP contribution < -0.4 is 11.1 Å². The zero-order valence-electron chi connectivity index (χ0n) is 13.2. The number of aryl methyl sites for hydroxylation is 1. The number of aromatic hydroxyl groups is 1. The molecule has 0 bridgehead atoms. The fraction of sp³-hybridized carbons (Fsp3) is 0.278. The summed E-state index contributed by atoms with van der Waals surface area (Å²) in [5.41, 5.74) is 9.48. The fourth-order valence-corrected chi connectivity index (χ4v) is 2.29. The molecule has 1 amide bonds. The normalized spacial score (nSPS) is 10.8. The maximum atomic E-state index is 12.3. The lowest BCUT2D eigenvalue weighted by molar-refractivity contribution is 0.102. The van der Waals surface area contributed by atoms with Crippen LogP contribution in [0.2, 0.25) is 0 Å². The maximum absolute atomic E-state index is 12.3. The first kappa shape index (κ1) is 16.0. The molecular weight excluding hydrogens is 276 g/mol. The summed E-state index contributed by atoms with van der Waals surface area (Å²) >= 11 is 0. The number of carbonyl (C=O) groups excluding carboxylic acids is 1. The van der Waals surface area contributed by atoms with E-state index in [2.05, 4.69) is 5.32 Å². The van der Waals surface area contributed by atoms with Crippen LogP contribution in [0.5, 0.6) is 5.75 Å². The Balaban J connectivity index is 2.25. The number of nitrogens with one attached hydrogen (secondary N) is 1. The van der Waals surface area contributed by atoms with E-state index in [-0.39, 0.29) is 17.6 Å². The van der Waals surface area contributed by atoms with Gasteiger partial charge in [0.25, 0.3) is 5.91 Å². The molecule has 2 rings (SSSR count). The topological polar surface area (TPSA) is 75.3 Å². The van der Waals surface area contributed by atoms with Gasteiger partial charge < -0.3 is 16.2 Å². The first-order chi connectivity index (χ1) is 10.4. The Morgan fingerprint density at radius 3 is 2.41 bits per heavy atom. The van der Waals surface area contributed by atoms with Gasteiger partial charge in [0.1, 0.15) is 5.75 Å². The second kappa shape index (κ2) is 6.62. The quantitative estimate of drug-likeness (QED) is 0.756. The van der Waals surface area contributed by atoms with Gasteiger partial charge in [0, 0.05) is 17.8 Å². The molecule has 4 nitrogen and oxygen atoms in total. The SMILES string of the molecule is Cc1cc(O)c(C(C)C)cc1NC(=O)c1ccc(CN)cc1. The molecule has 2 aromatic rings. The average molecular weight is 298 g/mol. The standard InChI is InChI=1S/C18H22N2O2/c1-11(2)15-9-16(12(3)8-17(15)21)20-18(22)14-6-4-13(10-19)5-7-14/h4-9,11,21H,10,19H2,1-3H3,(H,20,22). The number of phenols is 1. The van der Waals surface area contributed by atoms with Gasteiger partial charge in [-0.3, -0.25) is 4.79 Å². The number of hydrogen-bond donors (Lipinski definition) is 3. The summed E-state index contributed by atoms with van der Waals surface area (Å²) in [6, 6.07) is 10.7. The number of rotatable bonds is 4. The summed E-state index contributed by atoms with van der Waals surface area (Å²) in [5, 5.41) is 12.9. The predicted molar refractivity (Wildman–Crippen MR) is 89.2 cm³/mol. The van der Waals surface area contributed by atoms with Gasteiger partial charge in [-0.15, -0.1) is 0 Å². The monoisotopic (exact) mass is 298 g/mol. The number of benzene rings is 2. The number of amides is 1. The summed E-state index contributed by atoms with van der Waals surface area (Å²) in [4.78, 5) is 12.3. The van der Waals surface area contributed by atoms with E-state index in [9.17, 15) is 9.90 Å². The highest BCUT2D eigenvalue weighted by atomic mass is 16.3. The van der Waals surface area contributed by atoms with Crippen LogP contribution in [0, 0.1) is 6.92 Å². The number of phenolic OH excluding ortho intramolecular Hbond substituents is 1. The lowest BCUT2D eigenvalue weighted by Crippen LogP contribution is -2.13. The number of hydrogen-bond acceptors (Lipinski definition) is 3. The van der Waals surface area contributed by atoms with Crippen LogP contribution in [-0.2, 0) is 6.54 Å². The average Bonchev–Trinajstić information content (AvgIpc) is 2.49. The minimum absolute atomic E-state index is 0.174. The van der Waals surface area contributed by atoms with E-state index in [1.54, 1.807) is 18.2 Å². The minimum atomic E-state index is -0.174. The highest BCUT2D eigenvalue weighted by molar-refractivity contribution is 6.04. The van der Waals surface area contributed by atoms with Gasteiger partial charge in [0.05, 0.1) is 0 Å². The Morgan fingerprint density at radius 1 is 1.23 bits per heavy atom. The van der Waals surface area contributed by atoms with Gasteiger partial charge in [-0.25, -0.2) is 0 Å². The van der Waals surface area contributed by atoms with Crippen molar-refractivity contribution < 1.29 is 9.90 Å². The Bertz CT molecular complexity index is 676. The van der Waals surface area contributed by atoms with E-state index < -0.39 is 0 Å². The predicted octanol–water partition coefficient (Wildman–Crippen LogP) is 3.54. The highest BCUT2D eigenvalue weighted by Gasteiger charge is 2.13. The van der Waals surface area contributed by atoms with Crippen molar-refractivity contribution in [3.63, 3.8) is 0 Å². The number of carbonyl (C=O) groups is 1. The summed E-state index contributed by atoms with van der Waals surface area (Å²) in [6.45, 7) is 6.32. The molecule has 4 heteroatoms. The molecule has 0 saturated heterocycles. The van der Waals surface area contributed by atoms with Crippen molar-refractivity contribution in [2.45, 2.75) is 33.2 Å². The summed E-state index contributed by atoms with van der Waals surface area (Å²) in [7, 11) is 0. The van der Waals surface area contributed by atoms with Gasteiger partial charge in [0.15, 0.2) is 0 Å². The summed E-state index contributed by atoms with van der Waals surface area (Å²) in [6.07, 6.45) is 0. The van der Waals surface area contributed by atoms with Crippen molar-refractivity contribution in [2.75, 3.05) is 5.32 Å². The van der Waals surface area contributed by atoms with Crippen LogP contribution in [-0.4, -0.2) is 11.0 Å². The highest BCUT2D eigenvalue weighted by Crippen LogP contribution is 2.31. The van der Waals surface area contributed by atoms with Crippen LogP contribution in [0.15, 0.2) is 36.4 Å². The molecule has 0 aliphatic rings. The van der Waals surface area contributed by atoms with Crippen molar-refractivity contribution in [1.82, 2.24) is 0 Å². The molecule has 0 unspecified atom stereocenters. The summed E-state index contributed by atoms with van der Waals surface area (Å²) in [5.74, 6) is 0.268. The molecule has 0 saturated carbocycles. The largest absolute Gasteiger partial charge is 0.508 e. The molecule has 0 atom stereocenters. The smallest absolute Gasteiger partial charge is 0.255 e. The molecule has 0 spiro atoms.